The van der Waals surface area contributed by atoms with Gasteiger partial charge in [-0.1, -0.05) is 41.6 Å². The predicted octanol–water partition coefficient (Wildman–Crippen LogP) is 3.17. The maximum absolute atomic E-state index is 13.1. The number of anilines is 1. The van der Waals surface area contributed by atoms with Crippen molar-refractivity contribution in [2.24, 2.45) is 0 Å². The van der Waals surface area contributed by atoms with Gasteiger partial charge in [0.1, 0.15) is 6.04 Å². The van der Waals surface area contributed by atoms with Gasteiger partial charge in [-0.25, -0.2) is 8.42 Å². The Balaban J connectivity index is 1.80. The lowest BCUT2D eigenvalue weighted by molar-refractivity contribution is -0.131. The quantitative estimate of drug-likeness (QED) is 0.558. The fourth-order valence-electron chi connectivity index (χ4n) is 3.50. The van der Waals surface area contributed by atoms with Gasteiger partial charge in [-0.2, -0.15) is 4.98 Å². The molecule has 0 aliphatic rings. The molecule has 1 amide bonds. The molecule has 1 aromatic heterocycles. The molecule has 1 atom stereocenters. The summed E-state index contributed by atoms with van der Waals surface area (Å²) in [6, 6.07) is 13.9. The fourth-order valence-corrected chi connectivity index (χ4v) is 4.66. The van der Waals surface area contributed by atoms with Crippen molar-refractivity contribution in [3.8, 4) is 11.4 Å². The van der Waals surface area contributed by atoms with E-state index >= 15 is 0 Å². The number of hydrogen-bond donors (Lipinski definition) is 0. The van der Waals surface area contributed by atoms with E-state index < -0.39 is 16.1 Å². The molecule has 0 unspecified atom stereocenters. The van der Waals surface area contributed by atoms with Gasteiger partial charge in [-0.3, -0.25) is 9.10 Å². The third kappa shape index (κ3) is 5.29. The zero-order chi connectivity index (χ0) is 22.8. The Hall–Kier alpha value is -3.20. The van der Waals surface area contributed by atoms with Gasteiger partial charge in [-0.05, 0) is 44.0 Å². The first-order valence-electron chi connectivity index (χ1n) is 9.77. The number of aromatic nitrogens is 2. The summed E-state index contributed by atoms with van der Waals surface area (Å²) in [4.78, 5) is 18.8. The second kappa shape index (κ2) is 8.89. The van der Waals surface area contributed by atoms with Crippen LogP contribution >= 0.6 is 0 Å². The molecule has 0 bridgehead atoms. The molecular formula is C22H26N4O4S. The molecule has 3 rings (SSSR count). The standard InChI is InChI=1S/C22H26N4O4S/c1-15-11-16(2)13-19(12-15)26(31(5,28)29)17(3)22(27)25(4)14-20-23-21(24-30-20)18-9-7-6-8-10-18/h6-13,17H,14H2,1-5H3/t17-/m0/s1. The first kappa shape index (κ1) is 22.5. The Labute approximate surface area is 182 Å². The maximum Gasteiger partial charge on any atom is 0.246 e. The summed E-state index contributed by atoms with van der Waals surface area (Å²) in [6.07, 6.45) is 1.10. The second-order valence-corrected chi connectivity index (χ2v) is 9.51. The molecule has 0 spiro atoms. The van der Waals surface area contributed by atoms with E-state index in [1.165, 1.54) is 4.90 Å². The smallest absolute Gasteiger partial charge is 0.246 e. The molecule has 3 aromatic rings. The van der Waals surface area contributed by atoms with Crippen molar-refractivity contribution in [1.82, 2.24) is 15.0 Å². The lowest BCUT2D eigenvalue weighted by atomic mass is 10.1. The Kier molecular flexibility index (Phi) is 6.45. The van der Waals surface area contributed by atoms with Crippen LogP contribution in [0.15, 0.2) is 53.1 Å². The van der Waals surface area contributed by atoms with Gasteiger partial charge in [0.15, 0.2) is 0 Å². The van der Waals surface area contributed by atoms with E-state index in [1.54, 1.807) is 26.1 Å². The van der Waals surface area contributed by atoms with Crippen molar-refractivity contribution < 1.29 is 17.7 Å². The van der Waals surface area contributed by atoms with Crippen LogP contribution in [0.25, 0.3) is 11.4 Å². The van der Waals surface area contributed by atoms with Crippen molar-refractivity contribution >= 4 is 21.6 Å². The van der Waals surface area contributed by atoms with E-state index in [1.807, 2.05) is 50.2 Å². The molecule has 0 aliphatic heterocycles. The average molecular weight is 443 g/mol. The van der Waals surface area contributed by atoms with E-state index in [-0.39, 0.29) is 18.3 Å². The zero-order valence-electron chi connectivity index (χ0n) is 18.2. The number of sulfonamides is 1. The van der Waals surface area contributed by atoms with Crippen molar-refractivity contribution in [2.75, 3.05) is 17.6 Å². The predicted molar refractivity (Wildman–Crippen MR) is 119 cm³/mol. The molecule has 8 nitrogen and oxygen atoms in total. The van der Waals surface area contributed by atoms with Crippen molar-refractivity contribution in [2.45, 2.75) is 33.4 Å². The zero-order valence-corrected chi connectivity index (χ0v) is 19.0. The van der Waals surface area contributed by atoms with Gasteiger partial charge in [-0.15, -0.1) is 0 Å². The van der Waals surface area contributed by atoms with Gasteiger partial charge in [0, 0.05) is 12.6 Å². The molecule has 0 saturated carbocycles. The molecule has 0 aliphatic carbocycles. The van der Waals surface area contributed by atoms with Gasteiger partial charge in [0.25, 0.3) is 0 Å². The van der Waals surface area contributed by atoms with Crippen LogP contribution in [0.5, 0.6) is 0 Å². The number of likely N-dealkylation sites (N-methyl/N-ethyl adjacent to an activating group) is 1. The van der Waals surface area contributed by atoms with Crippen LogP contribution in [0.2, 0.25) is 0 Å². The lowest BCUT2D eigenvalue weighted by Crippen LogP contribution is -2.48. The van der Waals surface area contributed by atoms with E-state index in [2.05, 4.69) is 10.1 Å². The Bertz CT molecular complexity index is 1150. The molecule has 9 heteroatoms. The average Bonchev–Trinajstić information content (AvgIpc) is 3.14. The summed E-state index contributed by atoms with van der Waals surface area (Å²) in [5.74, 6) is 0.306. The van der Waals surface area contributed by atoms with Crippen molar-refractivity contribution in [1.29, 1.82) is 0 Å². The summed E-state index contributed by atoms with van der Waals surface area (Å²) in [5, 5.41) is 3.95. The molecule has 0 radical (unpaired) electrons. The van der Waals surface area contributed by atoms with E-state index in [0.29, 0.717) is 11.5 Å². The largest absolute Gasteiger partial charge is 0.337 e. The minimum Gasteiger partial charge on any atom is -0.337 e. The third-order valence-electron chi connectivity index (χ3n) is 4.78. The van der Waals surface area contributed by atoms with E-state index in [9.17, 15) is 13.2 Å². The van der Waals surface area contributed by atoms with Crippen LogP contribution < -0.4 is 4.31 Å². The first-order chi connectivity index (χ1) is 14.6. The number of aryl methyl sites for hydroxylation is 2. The normalized spacial score (nSPS) is 12.4. The van der Waals surface area contributed by atoms with Crippen LogP contribution in [0.3, 0.4) is 0 Å². The molecule has 2 aromatic carbocycles. The van der Waals surface area contributed by atoms with Crippen LogP contribution in [0.4, 0.5) is 5.69 Å². The second-order valence-electron chi connectivity index (χ2n) is 7.65. The third-order valence-corrected chi connectivity index (χ3v) is 6.02. The minimum absolute atomic E-state index is 0.0630. The molecule has 1 heterocycles. The Morgan fingerprint density at radius 3 is 2.29 bits per heavy atom. The SMILES string of the molecule is Cc1cc(C)cc(N([C@@H](C)C(=O)N(C)Cc2nc(-c3ccccc3)no2)S(C)(=O)=O)c1. The van der Waals surface area contributed by atoms with Gasteiger partial charge in [0.2, 0.25) is 27.6 Å². The molecule has 0 N–H and O–H groups in total. The van der Waals surface area contributed by atoms with Crippen LogP contribution in [0.1, 0.15) is 23.9 Å². The summed E-state index contributed by atoms with van der Waals surface area (Å²) in [6.45, 7) is 5.40. The highest BCUT2D eigenvalue weighted by atomic mass is 32.2. The summed E-state index contributed by atoms with van der Waals surface area (Å²) in [5.41, 5.74) is 3.09. The highest BCUT2D eigenvalue weighted by molar-refractivity contribution is 7.92. The summed E-state index contributed by atoms with van der Waals surface area (Å²) >= 11 is 0. The number of amides is 1. The molecule has 31 heavy (non-hydrogen) atoms. The molecule has 0 fully saturated rings. The number of carbonyl (C=O) groups is 1. The Morgan fingerprint density at radius 2 is 1.71 bits per heavy atom. The summed E-state index contributed by atoms with van der Waals surface area (Å²) in [7, 11) is -2.12. The van der Waals surface area contributed by atoms with Crippen LogP contribution in [-0.2, 0) is 21.4 Å². The maximum atomic E-state index is 13.1. The van der Waals surface area contributed by atoms with Gasteiger partial charge < -0.3 is 9.42 Å². The van der Waals surface area contributed by atoms with Gasteiger partial charge in [0.05, 0.1) is 18.5 Å². The summed E-state index contributed by atoms with van der Waals surface area (Å²) < 4.78 is 31.5. The van der Waals surface area contributed by atoms with Gasteiger partial charge >= 0.3 is 0 Å². The fraction of sp³-hybridized carbons (Fsp3) is 0.318. The Morgan fingerprint density at radius 1 is 1.10 bits per heavy atom. The highest BCUT2D eigenvalue weighted by Crippen LogP contribution is 2.25. The monoisotopic (exact) mass is 442 g/mol. The van der Waals surface area contributed by atoms with Crippen molar-refractivity contribution in [3.05, 3.63) is 65.5 Å². The number of carbonyl (C=O) groups excluding carboxylic acids is 1. The molecule has 164 valence electrons. The first-order valence-corrected chi connectivity index (χ1v) is 11.6. The number of rotatable bonds is 7. The topological polar surface area (TPSA) is 96.6 Å². The van der Waals surface area contributed by atoms with E-state index in [0.717, 1.165) is 27.3 Å². The number of nitrogens with zero attached hydrogens (tertiary/aromatic N) is 4. The van der Waals surface area contributed by atoms with Crippen molar-refractivity contribution in [3.63, 3.8) is 0 Å². The van der Waals surface area contributed by atoms with Crippen LogP contribution in [-0.4, -0.2) is 48.7 Å². The minimum atomic E-state index is -3.70. The highest BCUT2D eigenvalue weighted by Gasteiger charge is 2.31. The number of benzene rings is 2. The van der Waals surface area contributed by atoms with Crippen LogP contribution in [0, 0.1) is 13.8 Å². The number of hydrogen-bond acceptors (Lipinski definition) is 6. The lowest BCUT2D eigenvalue weighted by Gasteiger charge is -2.31. The van der Waals surface area contributed by atoms with E-state index in [4.69, 9.17) is 4.52 Å². The molecular weight excluding hydrogens is 416 g/mol. The molecule has 0 saturated heterocycles.